The largest absolute Gasteiger partial charge is 0.460 e. The summed E-state index contributed by atoms with van der Waals surface area (Å²) >= 11 is 0. The molecule has 1 heterocycles. The van der Waals surface area contributed by atoms with Gasteiger partial charge < -0.3 is 4.42 Å². The molecule has 112 valence electrons. The Kier molecular flexibility index (Phi) is 4.50. The minimum atomic E-state index is -4.36. The Morgan fingerprint density at radius 3 is 2.38 bits per heavy atom. The summed E-state index contributed by atoms with van der Waals surface area (Å²) in [5.41, 5.74) is 0.270. The number of hydrogen-bond acceptors (Lipinski definition) is 2. The van der Waals surface area contributed by atoms with E-state index in [4.69, 9.17) is 4.42 Å². The van der Waals surface area contributed by atoms with Crippen molar-refractivity contribution in [3.8, 4) is 11.3 Å². The molecule has 0 amide bonds. The van der Waals surface area contributed by atoms with Crippen molar-refractivity contribution in [2.45, 2.75) is 32.4 Å². The molecule has 5 heteroatoms. The quantitative estimate of drug-likeness (QED) is 0.717. The van der Waals surface area contributed by atoms with Crippen LogP contribution in [-0.2, 0) is 12.6 Å². The molecule has 0 aliphatic rings. The Morgan fingerprint density at radius 1 is 1.19 bits per heavy atom. The highest BCUT2D eigenvalue weighted by Crippen LogP contribution is 2.32. The highest BCUT2D eigenvalue weighted by atomic mass is 19.4. The lowest BCUT2D eigenvalue weighted by Crippen LogP contribution is -2.03. The van der Waals surface area contributed by atoms with E-state index in [0.29, 0.717) is 35.4 Å². The minimum Gasteiger partial charge on any atom is -0.460 e. The van der Waals surface area contributed by atoms with Crippen molar-refractivity contribution < 1.29 is 22.4 Å². The van der Waals surface area contributed by atoms with Crippen molar-refractivity contribution in [1.82, 2.24) is 0 Å². The van der Waals surface area contributed by atoms with E-state index in [9.17, 15) is 18.0 Å². The molecule has 0 saturated carbocycles. The zero-order valence-corrected chi connectivity index (χ0v) is 11.5. The third-order valence-corrected chi connectivity index (χ3v) is 3.22. The second kappa shape index (κ2) is 6.16. The molecule has 1 aromatic heterocycles. The van der Waals surface area contributed by atoms with Gasteiger partial charge in [0, 0.05) is 12.0 Å². The van der Waals surface area contributed by atoms with E-state index in [0.717, 1.165) is 25.0 Å². The molecular weight excluding hydrogens is 281 g/mol. The van der Waals surface area contributed by atoms with Crippen LogP contribution in [0.15, 0.2) is 34.7 Å². The SMILES string of the molecule is CCCCc1oc(-c2ccc(C(F)(F)F)cc2)cc1C=O. The number of furan rings is 1. The molecule has 0 fully saturated rings. The fraction of sp³-hybridized carbons (Fsp3) is 0.312. The van der Waals surface area contributed by atoms with E-state index in [2.05, 4.69) is 0 Å². The van der Waals surface area contributed by atoms with E-state index >= 15 is 0 Å². The van der Waals surface area contributed by atoms with Crippen LogP contribution in [0.4, 0.5) is 13.2 Å². The van der Waals surface area contributed by atoms with Gasteiger partial charge in [0.2, 0.25) is 0 Å². The van der Waals surface area contributed by atoms with Gasteiger partial charge in [0.15, 0.2) is 6.29 Å². The molecule has 21 heavy (non-hydrogen) atoms. The predicted octanol–water partition coefficient (Wildman–Crippen LogP) is 5.12. The van der Waals surface area contributed by atoms with Crippen LogP contribution in [0.2, 0.25) is 0 Å². The molecule has 0 atom stereocenters. The molecule has 0 spiro atoms. The van der Waals surface area contributed by atoms with Gasteiger partial charge in [0.05, 0.1) is 11.1 Å². The molecule has 0 bridgehead atoms. The van der Waals surface area contributed by atoms with Crippen LogP contribution < -0.4 is 0 Å². The maximum Gasteiger partial charge on any atom is 0.416 e. The fourth-order valence-electron chi connectivity index (χ4n) is 2.04. The molecule has 0 aliphatic carbocycles. The summed E-state index contributed by atoms with van der Waals surface area (Å²) in [6, 6.07) is 6.27. The molecule has 2 rings (SSSR count). The second-order valence-electron chi connectivity index (χ2n) is 4.79. The molecule has 0 unspecified atom stereocenters. The summed E-state index contributed by atoms with van der Waals surface area (Å²) in [4.78, 5) is 11.0. The first kappa shape index (κ1) is 15.4. The number of halogens is 3. The first-order chi connectivity index (χ1) is 9.95. The zero-order valence-electron chi connectivity index (χ0n) is 11.5. The Labute approximate surface area is 120 Å². The van der Waals surface area contributed by atoms with Gasteiger partial charge >= 0.3 is 6.18 Å². The van der Waals surface area contributed by atoms with Gasteiger partial charge in [0.25, 0.3) is 0 Å². The van der Waals surface area contributed by atoms with Gasteiger partial charge in [-0.15, -0.1) is 0 Å². The van der Waals surface area contributed by atoms with Crippen molar-refractivity contribution in [3.05, 3.63) is 47.2 Å². The van der Waals surface area contributed by atoms with Gasteiger partial charge in [-0.1, -0.05) is 25.5 Å². The van der Waals surface area contributed by atoms with Gasteiger partial charge in [-0.2, -0.15) is 13.2 Å². The van der Waals surface area contributed by atoms with E-state index in [-0.39, 0.29) is 0 Å². The molecule has 0 aliphatic heterocycles. The average Bonchev–Trinajstić information content (AvgIpc) is 2.87. The summed E-state index contributed by atoms with van der Waals surface area (Å²) < 4.78 is 43.2. The lowest BCUT2D eigenvalue weighted by atomic mass is 10.1. The summed E-state index contributed by atoms with van der Waals surface area (Å²) in [6.45, 7) is 2.03. The highest BCUT2D eigenvalue weighted by molar-refractivity contribution is 5.79. The second-order valence-corrected chi connectivity index (χ2v) is 4.79. The molecular formula is C16H15F3O2. The number of carbonyl (C=O) groups excluding carboxylic acids is 1. The molecule has 0 saturated heterocycles. The Balaban J connectivity index is 2.29. The van der Waals surface area contributed by atoms with Crippen molar-refractivity contribution in [3.63, 3.8) is 0 Å². The highest BCUT2D eigenvalue weighted by Gasteiger charge is 2.30. The zero-order chi connectivity index (χ0) is 15.5. The maximum absolute atomic E-state index is 12.5. The summed E-state index contributed by atoms with van der Waals surface area (Å²) in [7, 11) is 0. The number of aldehydes is 1. The van der Waals surface area contributed by atoms with E-state index < -0.39 is 11.7 Å². The van der Waals surface area contributed by atoms with Crippen LogP contribution in [-0.4, -0.2) is 6.29 Å². The number of alkyl halides is 3. The van der Waals surface area contributed by atoms with Crippen molar-refractivity contribution in [2.24, 2.45) is 0 Å². The summed E-state index contributed by atoms with van der Waals surface area (Å²) in [5, 5.41) is 0. The van der Waals surface area contributed by atoms with E-state index in [1.165, 1.54) is 12.1 Å². The molecule has 1 aromatic carbocycles. The molecule has 0 radical (unpaired) electrons. The van der Waals surface area contributed by atoms with Crippen LogP contribution >= 0.6 is 0 Å². The average molecular weight is 296 g/mol. The van der Waals surface area contributed by atoms with Crippen molar-refractivity contribution in [1.29, 1.82) is 0 Å². The Hall–Kier alpha value is -2.04. The van der Waals surface area contributed by atoms with Gasteiger partial charge in [-0.3, -0.25) is 4.79 Å². The number of aryl methyl sites for hydroxylation is 1. The third kappa shape index (κ3) is 3.54. The Morgan fingerprint density at radius 2 is 1.86 bits per heavy atom. The molecule has 0 N–H and O–H groups in total. The van der Waals surface area contributed by atoms with E-state index in [1.807, 2.05) is 6.92 Å². The van der Waals surface area contributed by atoms with Crippen molar-refractivity contribution in [2.75, 3.05) is 0 Å². The van der Waals surface area contributed by atoms with Crippen molar-refractivity contribution >= 4 is 6.29 Å². The van der Waals surface area contributed by atoms with Crippen LogP contribution in [0.25, 0.3) is 11.3 Å². The lowest BCUT2D eigenvalue weighted by Gasteiger charge is -2.06. The fourth-order valence-corrected chi connectivity index (χ4v) is 2.04. The number of carbonyl (C=O) groups is 1. The predicted molar refractivity (Wildman–Crippen MR) is 73.1 cm³/mol. The Bertz CT molecular complexity index is 609. The van der Waals surface area contributed by atoms with Gasteiger partial charge in [0.1, 0.15) is 11.5 Å². The first-order valence-corrected chi connectivity index (χ1v) is 6.71. The van der Waals surface area contributed by atoms with Gasteiger partial charge in [-0.05, 0) is 24.6 Å². The smallest absolute Gasteiger partial charge is 0.416 e. The van der Waals surface area contributed by atoms with Crippen LogP contribution in [0, 0.1) is 0 Å². The summed E-state index contributed by atoms with van der Waals surface area (Å²) in [5.74, 6) is 0.999. The lowest BCUT2D eigenvalue weighted by molar-refractivity contribution is -0.137. The monoisotopic (exact) mass is 296 g/mol. The van der Waals surface area contributed by atoms with Gasteiger partial charge in [-0.25, -0.2) is 0 Å². The first-order valence-electron chi connectivity index (χ1n) is 6.71. The van der Waals surface area contributed by atoms with E-state index in [1.54, 1.807) is 6.07 Å². The number of unbranched alkanes of at least 4 members (excludes halogenated alkanes) is 1. The van der Waals surface area contributed by atoms with Crippen LogP contribution in [0.1, 0.15) is 41.4 Å². The normalized spacial score (nSPS) is 11.6. The molecule has 2 aromatic rings. The summed E-state index contributed by atoms with van der Waals surface area (Å²) in [6.07, 6.45) is -1.15. The van der Waals surface area contributed by atoms with Crippen LogP contribution in [0.3, 0.4) is 0 Å². The van der Waals surface area contributed by atoms with Crippen LogP contribution in [0.5, 0.6) is 0 Å². The molecule has 2 nitrogen and oxygen atoms in total. The number of rotatable bonds is 5. The standard InChI is InChI=1S/C16H15F3O2/c1-2-3-4-14-12(10-20)9-15(21-14)11-5-7-13(8-6-11)16(17,18)19/h5-10H,2-4H2,1H3. The minimum absolute atomic E-state index is 0.414. The maximum atomic E-state index is 12.5. The third-order valence-electron chi connectivity index (χ3n) is 3.22. The number of hydrogen-bond donors (Lipinski definition) is 0. The number of benzene rings is 1. The topological polar surface area (TPSA) is 30.2 Å².